The van der Waals surface area contributed by atoms with Gasteiger partial charge < -0.3 is 4.90 Å². The zero-order valence-electron chi connectivity index (χ0n) is 9.47. The highest BCUT2D eigenvalue weighted by molar-refractivity contribution is 5.80. The number of hydrogen-bond acceptors (Lipinski definition) is 4. The lowest BCUT2D eigenvalue weighted by Crippen LogP contribution is -2.18. The van der Waals surface area contributed by atoms with Crippen LogP contribution in [-0.4, -0.2) is 25.5 Å². The highest BCUT2D eigenvalue weighted by Crippen LogP contribution is 2.49. The molecule has 4 heteroatoms. The number of isocyanates is 1. The van der Waals surface area contributed by atoms with Crippen molar-refractivity contribution in [1.29, 1.82) is 0 Å². The van der Waals surface area contributed by atoms with Gasteiger partial charge in [0, 0.05) is 12.2 Å². The monoisotopic (exact) mass is 227 g/mol. The predicted octanol–water partition coefficient (Wildman–Crippen LogP) is 1.86. The maximum absolute atomic E-state index is 10.4. The first-order valence-electron chi connectivity index (χ1n) is 5.80. The van der Waals surface area contributed by atoms with Crippen molar-refractivity contribution in [2.24, 2.45) is 9.98 Å². The summed E-state index contributed by atoms with van der Waals surface area (Å²) >= 11 is 0. The van der Waals surface area contributed by atoms with E-state index in [1.807, 2.05) is 6.34 Å². The van der Waals surface area contributed by atoms with Crippen LogP contribution in [-0.2, 0) is 10.3 Å². The van der Waals surface area contributed by atoms with Gasteiger partial charge >= 0.3 is 0 Å². The summed E-state index contributed by atoms with van der Waals surface area (Å²) in [6.45, 7) is 1.80. The number of carbonyl (C=O) groups excluding carboxylic acids is 1. The van der Waals surface area contributed by atoms with E-state index in [-0.39, 0.29) is 5.54 Å². The second kappa shape index (κ2) is 3.82. The first kappa shape index (κ1) is 10.2. The van der Waals surface area contributed by atoms with Crippen LogP contribution in [0.5, 0.6) is 0 Å². The summed E-state index contributed by atoms with van der Waals surface area (Å²) in [6, 6.07) is 8.23. The third kappa shape index (κ3) is 1.77. The van der Waals surface area contributed by atoms with Crippen molar-refractivity contribution < 1.29 is 4.79 Å². The van der Waals surface area contributed by atoms with Gasteiger partial charge in [0.2, 0.25) is 6.08 Å². The number of hydrogen-bond donors (Lipinski definition) is 0. The molecule has 1 aromatic carbocycles. The lowest BCUT2D eigenvalue weighted by molar-refractivity contribution is 0.556. The van der Waals surface area contributed by atoms with Crippen LogP contribution >= 0.6 is 0 Å². The van der Waals surface area contributed by atoms with Gasteiger partial charge in [-0.2, -0.15) is 4.99 Å². The van der Waals surface area contributed by atoms with Gasteiger partial charge in [0.05, 0.1) is 18.4 Å². The minimum Gasteiger partial charge on any atom is -0.331 e. The van der Waals surface area contributed by atoms with E-state index in [2.05, 4.69) is 39.2 Å². The third-order valence-electron chi connectivity index (χ3n) is 3.41. The Bertz CT molecular complexity index is 496. The van der Waals surface area contributed by atoms with Crippen LogP contribution in [0.4, 0.5) is 5.69 Å². The summed E-state index contributed by atoms with van der Waals surface area (Å²) in [6.07, 6.45) is 5.45. The van der Waals surface area contributed by atoms with E-state index in [1.54, 1.807) is 6.08 Å². The Morgan fingerprint density at radius 1 is 1.29 bits per heavy atom. The summed E-state index contributed by atoms with van der Waals surface area (Å²) in [5, 5.41) is 0. The van der Waals surface area contributed by atoms with Crippen molar-refractivity contribution in [3.63, 3.8) is 0 Å². The molecule has 0 spiro atoms. The Morgan fingerprint density at radius 2 is 2.06 bits per heavy atom. The first-order valence-corrected chi connectivity index (χ1v) is 5.80. The van der Waals surface area contributed by atoms with Crippen molar-refractivity contribution in [1.82, 2.24) is 0 Å². The van der Waals surface area contributed by atoms with E-state index in [4.69, 9.17) is 0 Å². The summed E-state index contributed by atoms with van der Waals surface area (Å²) in [5.74, 6) is 0. The molecule has 3 rings (SSSR count). The molecule has 1 saturated carbocycles. The minimum absolute atomic E-state index is 0.265. The van der Waals surface area contributed by atoms with Gasteiger partial charge in [0.25, 0.3) is 0 Å². The SMILES string of the molecule is O=C=NC1(c2ccc(N3C=NCC3)cc2)CC1. The molecule has 0 bridgehead atoms. The van der Waals surface area contributed by atoms with E-state index in [0.29, 0.717) is 0 Å². The fraction of sp³-hybridized carbons (Fsp3) is 0.385. The normalized spacial score (nSPS) is 20.1. The summed E-state index contributed by atoms with van der Waals surface area (Å²) in [4.78, 5) is 20.6. The molecule has 2 aliphatic rings. The average molecular weight is 227 g/mol. The zero-order valence-corrected chi connectivity index (χ0v) is 9.47. The molecule has 86 valence electrons. The van der Waals surface area contributed by atoms with Crippen molar-refractivity contribution in [2.45, 2.75) is 18.4 Å². The Labute approximate surface area is 99.7 Å². The highest BCUT2D eigenvalue weighted by Gasteiger charge is 2.44. The van der Waals surface area contributed by atoms with Crippen LogP contribution in [0.3, 0.4) is 0 Å². The second-order valence-electron chi connectivity index (χ2n) is 4.50. The van der Waals surface area contributed by atoms with Crippen LogP contribution in [0.25, 0.3) is 0 Å². The molecule has 1 heterocycles. The molecule has 0 atom stereocenters. The van der Waals surface area contributed by atoms with Crippen molar-refractivity contribution >= 4 is 18.1 Å². The molecule has 1 fully saturated rings. The van der Waals surface area contributed by atoms with Crippen molar-refractivity contribution in [3.05, 3.63) is 29.8 Å². The summed E-state index contributed by atoms with van der Waals surface area (Å²) < 4.78 is 0. The van der Waals surface area contributed by atoms with Gasteiger partial charge in [-0.25, -0.2) is 4.79 Å². The minimum atomic E-state index is -0.265. The van der Waals surface area contributed by atoms with Gasteiger partial charge in [-0.1, -0.05) is 12.1 Å². The largest absolute Gasteiger partial charge is 0.331 e. The molecular weight excluding hydrogens is 214 g/mol. The van der Waals surface area contributed by atoms with Gasteiger partial charge in [0.15, 0.2) is 0 Å². The maximum Gasteiger partial charge on any atom is 0.235 e. The van der Waals surface area contributed by atoms with Crippen LogP contribution in [0.2, 0.25) is 0 Å². The molecule has 4 nitrogen and oxygen atoms in total. The Hall–Kier alpha value is -1.93. The van der Waals surface area contributed by atoms with Gasteiger partial charge in [-0.3, -0.25) is 4.99 Å². The number of anilines is 1. The molecule has 0 aromatic heterocycles. The highest BCUT2D eigenvalue weighted by atomic mass is 16.1. The summed E-state index contributed by atoms with van der Waals surface area (Å²) in [5.41, 5.74) is 1.99. The Morgan fingerprint density at radius 3 is 2.59 bits per heavy atom. The molecule has 0 saturated heterocycles. The first-order chi connectivity index (χ1) is 8.34. The standard InChI is InChI=1S/C13H13N3O/c17-10-15-13(5-6-13)11-1-3-12(4-2-11)16-8-7-14-9-16/h1-4,9H,5-8H2. The molecule has 17 heavy (non-hydrogen) atoms. The van der Waals surface area contributed by atoms with Crippen LogP contribution in [0, 0.1) is 0 Å². The second-order valence-corrected chi connectivity index (χ2v) is 4.50. The lowest BCUT2D eigenvalue weighted by Gasteiger charge is -2.15. The van der Waals surface area contributed by atoms with Gasteiger partial charge in [-0.05, 0) is 30.5 Å². The lowest BCUT2D eigenvalue weighted by atomic mass is 10.1. The van der Waals surface area contributed by atoms with E-state index >= 15 is 0 Å². The van der Waals surface area contributed by atoms with Crippen LogP contribution in [0.1, 0.15) is 18.4 Å². The maximum atomic E-state index is 10.4. The fourth-order valence-electron chi connectivity index (χ4n) is 2.21. The molecule has 1 aromatic rings. The zero-order chi connectivity index (χ0) is 11.7. The molecule has 0 radical (unpaired) electrons. The third-order valence-corrected chi connectivity index (χ3v) is 3.41. The molecule has 1 aliphatic heterocycles. The smallest absolute Gasteiger partial charge is 0.235 e. The molecule has 0 unspecified atom stereocenters. The van der Waals surface area contributed by atoms with E-state index in [9.17, 15) is 4.79 Å². The van der Waals surface area contributed by atoms with Crippen LogP contribution < -0.4 is 4.90 Å². The fourth-order valence-corrected chi connectivity index (χ4v) is 2.21. The van der Waals surface area contributed by atoms with E-state index in [1.165, 1.54) is 0 Å². The number of aliphatic imine (C=N–C) groups is 2. The number of benzene rings is 1. The molecule has 1 aliphatic carbocycles. The predicted molar refractivity (Wildman–Crippen MR) is 66.2 cm³/mol. The molecule has 0 N–H and O–H groups in total. The van der Waals surface area contributed by atoms with Crippen molar-refractivity contribution in [2.75, 3.05) is 18.0 Å². The number of nitrogens with zero attached hydrogens (tertiary/aromatic N) is 3. The topological polar surface area (TPSA) is 45.0 Å². The van der Waals surface area contributed by atoms with Crippen molar-refractivity contribution in [3.8, 4) is 0 Å². The quantitative estimate of drug-likeness (QED) is 0.584. The van der Waals surface area contributed by atoms with E-state index < -0.39 is 0 Å². The Balaban J connectivity index is 1.85. The molecule has 0 amide bonds. The van der Waals surface area contributed by atoms with Gasteiger partial charge in [0.1, 0.15) is 0 Å². The van der Waals surface area contributed by atoms with E-state index in [0.717, 1.165) is 37.2 Å². The van der Waals surface area contributed by atoms with Crippen LogP contribution in [0.15, 0.2) is 34.3 Å². The summed E-state index contributed by atoms with van der Waals surface area (Å²) in [7, 11) is 0. The van der Waals surface area contributed by atoms with Gasteiger partial charge in [-0.15, -0.1) is 0 Å². The Kier molecular flexibility index (Phi) is 2.30. The number of rotatable bonds is 3. The molecular formula is C13H13N3O. The average Bonchev–Trinajstić information content (AvgIpc) is 2.94.